The molecule has 0 spiro atoms. The summed E-state index contributed by atoms with van der Waals surface area (Å²) in [5.41, 5.74) is 0. The maximum Gasteiger partial charge on any atom is 0.312 e. The van der Waals surface area contributed by atoms with Crippen LogP contribution < -0.4 is 0 Å². The summed E-state index contributed by atoms with van der Waals surface area (Å²) < 4.78 is 0. The molecule has 0 N–H and O–H groups in total. The van der Waals surface area contributed by atoms with Crippen LogP contribution in [0, 0.1) is 11.3 Å². The van der Waals surface area contributed by atoms with Crippen molar-refractivity contribution in [2.24, 2.45) is 0 Å². The molecule has 0 unspecified atom stereocenters. The first kappa shape index (κ1) is 14.0. The van der Waals surface area contributed by atoms with E-state index in [1.54, 1.807) is 14.1 Å². The monoisotopic (exact) mass is 252 g/mol. The third kappa shape index (κ3) is 3.20. The van der Waals surface area contributed by atoms with Crippen LogP contribution >= 0.6 is 0 Å². The number of likely N-dealkylation sites (N-methyl/N-ethyl adjacent to an activating group) is 2. The van der Waals surface area contributed by atoms with Gasteiger partial charge in [-0.25, -0.2) is 0 Å². The van der Waals surface area contributed by atoms with E-state index in [-0.39, 0.29) is 18.9 Å². The van der Waals surface area contributed by atoms with Gasteiger partial charge in [0.25, 0.3) is 0 Å². The zero-order chi connectivity index (χ0) is 13.7. The fraction of sp³-hybridized carbons (Fsp3) is 0.636. The minimum absolute atomic E-state index is 0.111. The lowest BCUT2D eigenvalue weighted by Crippen LogP contribution is -2.55. The number of piperazine rings is 1. The third-order valence-corrected chi connectivity index (χ3v) is 2.83. The zero-order valence-electron chi connectivity index (χ0n) is 10.5. The van der Waals surface area contributed by atoms with Crippen molar-refractivity contribution < 1.29 is 14.4 Å². The predicted molar refractivity (Wildman–Crippen MR) is 62.1 cm³/mol. The molecule has 1 aliphatic rings. The highest BCUT2D eigenvalue weighted by molar-refractivity contribution is 6.35. The summed E-state index contributed by atoms with van der Waals surface area (Å²) in [6.45, 7) is 1.00. The normalized spacial score (nSPS) is 15.6. The van der Waals surface area contributed by atoms with Gasteiger partial charge in [-0.2, -0.15) is 5.26 Å². The molecule has 0 aliphatic carbocycles. The average Bonchev–Trinajstić information content (AvgIpc) is 2.36. The van der Waals surface area contributed by atoms with Gasteiger partial charge in [0.15, 0.2) is 0 Å². The molecule has 98 valence electrons. The molecule has 0 saturated carbocycles. The van der Waals surface area contributed by atoms with Crippen LogP contribution in [0.5, 0.6) is 0 Å². The number of rotatable bonds is 4. The summed E-state index contributed by atoms with van der Waals surface area (Å²) >= 11 is 0. The Morgan fingerprint density at radius 1 is 1.39 bits per heavy atom. The molecule has 0 aromatic heterocycles. The molecule has 0 aromatic carbocycles. The number of amides is 3. The minimum atomic E-state index is -0.647. The number of hydrogen-bond donors (Lipinski definition) is 0. The van der Waals surface area contributed by atoms with Gasteiger partial charge in [-0.15, -0.1) is 0 Å². The molecular formula is C11H16N4O3. The lowest BCUT2D eigenvalue weighted by atomic mass is 10.3. The maximum absolute atomic E-state index is 11.7. The van der Waals surface area contributed by atoms with Crippen molar-refractivity contribution in [1.29, 1.82) is 5.26 Å². The molecule has 0 atom stereocenters. The minimum Gasteiger partial charge on any atom is -0.343 e. The number of carbonyl (C=O) groups excluding carboxylic acids is 3. The number of nitrogens with zero attached hydrogens (tertiary/aromatic N) is 4. The van der Waals surface area contributed by atoms with E-state index in [9.17, 15) is 14.4 Å². The molecule has 1 rings (SSSR count). The Morgan fingerprint density at radius 3 is 2.67 bits per heavy atom. The summed E-state index contributed by atoms with van der Waals surface area (Å²) in [6, 6.07) is 1.94. The first-order chi connectivity index (χ1) is 8.47. The molecule has 1 saturated heterocycles. The van der Waals surface area contributed by atoms with E-state index in [1.165, 1.54) is 14.7 Å². The van der Waals surface area contributed by atoms with Gasteiger partial charge >= 0.3 is 11.8 Å². The molecule has 7 nitrogen and oxygen atoms in total. The molecular weight excluding hydrogens is 236 g/mol. The van der Waals surface area contributed by atoms with Gasteiger partial charge in [-0.1, -0.05) is 0 Å². The van der Waals surface area contributed by atoms with E-state index in [0.29, 0.717) is 19.6 Å². The first-order valence-electron chi connectivity index (χ1n) is 5.62. The smallest absolute Gasteiger partial charge is 0.312 e. The van der Waals surface area contributed by atoms with Crippen molar-refractivity contribution >= 4 is 17.7 Å². The van der Waals surface area contributed by atoms with E-state index >= 15 is 0 Å². The molecule has 1 fully saturated rings. The second-order valence-corrected chi connectivity index (χ2v) is 4.18. The summed E-state index contributed by atoms with van der Waals surface area (Å²) in [7, 11) is 3.13. The largest absolute Gasteiger partial charge is 0.343 e. The molecule has 1 heterocycles. The van der Waals surface area contributed by atoms with Crippen LogP contribution in [0.4, 0.5) is 0 Å². The Kier molecular flexibility index (Phi) is 4.66. The molecule has 0 radical (unpaired) electrons. The van der Waals surface area contributed by atoms with Gasteiger partial charge in [-0.3, -0.25) is 14.4 Å². The van der Waals surface area contributed by atoms with Crippen LogP contribution in [-0.2, 0) is 14.4 Å². The van der Waals surface area contributed by atoms with Crippen LogP contribution in [0.2, 0.25) is 0 Å². The average molecular weight is 252 g/mol. The lowest BCUT2D eigenvalue weighted by Gasteiger charge is -2.31. The van der Waals surface area contributed by atoms with Crippen molar-refractivity contribution in [2.75, 3.05) is 40.3 Å². The molecule has 0 aromatic rings. The van der Waals surface area contributed by atoms with Crippen LogP contribution in [0.1, 0.15) is 6.42 Å². The fourth-order valence-electron chi connectivity index (χ4n) is 1.55. The molecule has 1 aliphatic heterocycles. The second kappa shape index (κ2) is 6.00. The van der Waals surface area contributed by atoms with E-state index in [1.807, 2.05) is 6.07 Å². The van der Waals surface area contributed by atoms with Gasteiger partial charge in [0.2, 0.25) is 5.91 Å². The first-order valence-corrected chi connectivity index (χ1v) is 5.62. The number of carbonyl (C=O) groups is 3. The predicted octanol–water partition coefficient (Wildman–Crippen LogP) is -1.34. The van der Waals surface area contributed by atoms with E-state index in [2.05, 4.69) is 0 Å². The Labute approximate surface area is 106 Å². The van der Waals surface area contributed by atoms with Crippen LogP contribution in [-0.4, -0.2) is 72.7 Å². The van der Waals surface area contributed by atoms with E-state index < -0.39 is 11.8 Å². The van der Waals surface area contributed by atoms with Crippen molar-refractivity contribution in [1.82, 2.24) is 14.7 Å². The Bertz CT molecular complexity index is 402. The fourth-order valence-corrected chi connectivity index (χ4v) is 1.55. The van der Waals surface area contributed by atoms with Gasteiger partial charge in [0.05, 0.1) is 12.5 Å². The Hall–Kier alpha value is -2.10. The standard InChI is InChI=1S/C11H16N4O3/c1-13(5-3-4-12)9(16)8-15-7-6-14(2)10(17)11(15)18/h3,5-8H2,1-2H3. The topological polar surface area (TPSA) is 84.7 Å². The van der Waals surface area contributed by atoms with Crippen molar-refractivity contribution in [3.8, 4) is 6.07 Å². The van der Waals surface area contributed by atoms with Crippen LogP contribution in [0.15, 0.2) is 0 Å². The van der Waals surface area contributed by atoms with Gasteiger partial charge in [-0.05, 0) is 0 Å². The highest BCUT2D eigenvalue weighted by Gasteiger charge is 2.31. The van der Waals surface area contributed by atoms with Gasteiger partial charge < -0.3 is 14.7 Å². The van der Waals surface area contributed by atoms with Gasteiger partial charge in [0, 0.05) is 33.7 Å². The second-order valence-electron chi connectivity index (χ2n) is 4.18. The van der Waals surface area contributed by atoms with Crippen molar-refractivity contribution in [3.05, 3.63) is 0 Å². The zero-order valence-corrected chi connectivity index (χ0v) is 10.5. The molecule has 7 heteroatoms. The Balaban J connectivity index is 2.52. The molecule has 18 heavy (non-hydrogen) atoms. The highest BCUT2D eigenvalue weighted by atomic mass is 16.2. The maximum atomic E-state index is 11.7. The van der Waals surface area contributed by atoms with E-state index in [4.69, 9.17) is 5.26 Å². The van der Waals surface area contributed by atoms with E-state index in [0.717, 1.165) is 0 Å². The number of hydrogen-bond acceptors (Lipinski definition) is 4. The van der Waals surface area contributed by atoms with Crippen molar-refractivity contribution in [2.45, 2.75) is 6.42 Å². The van der Waals surface area contributed by atoms with Crippen LogP contribution in [0.3, 0.4) is 0 Å². The Morgan fingerprint density at radius 2 is 2.06 bits per heavy atom. The van der Waals surface area contributed by atoms with Gasteiger partial charge in [0.1, 0.15) is 6.54 Å². The number of nitriles is 1. The SMILES string of the molecule is CN(CCC#N)C(=O)CN1CCN(C)C(=O)C1=O. The van der Waals surface area contributed by atoms with Crippen molar-refractivity contribution in [3.63, 3.8) is 0 Å². The highest BCUT2D eigenvalue weighted by Crippen LogP contribution is 2.03. The quantitative estimate of drug-likeness (QED) is 0.580. The molecule has 0 bridgehead atoms. The third-order valence-electron chi connectivity index (χ3n) is 2.83. The lowest BCUT2D eigenvalue weighted by molar-refractivity contribution is -0.156. The summed E-state index contributed by atoms with van der Waals surface area (Å²) in [5.74, 6) is -1.50. The summed E-state index contributed by atoms with van der Waals surface area (Å²) in [6.07, 6.45) is 0.248. The molecule has 3 amide bonds. The van der Waals surface area contributed by atoms with Crippen LogP contribution in [0.25, 0.3) is 0 Å². The summed E-state index contributed by atoms with van der Waals surface area (Å²) in [4.78, 5) is 38.8. The summed E-state index contributed by atoms with van der Waals surface area (Å²) in [5, 5.41) is 8.42.